The third-order valence-electron chi connectivity index (χ3n) is 6.21. The van der Waals surface area contributed by atoms with Gasteiger partial charge in [0.2, 0.25) is 11.6 Å². The molecular formula is C26H31N7O. The molecule has 0 atom stereocenters. The zero-order valence-corrected chi connectivity index (χ0v) is 20.2. The maximum atomic E-state index is 5.52. The predicted octanol–water partition coefficient (Wildman–Crippen LogP) is 4.06. The Labute approximate surface area is 200 Å². The molecule has 2 aromatic carbocycles. The summed E-state index contributed by atoms with van der Waals surface area (Å²) in [5.74, 6) is 2.14. The minimum atomic E-state index is 0.0946. The first kappa shape index (κ1) is 22.3. The number of nitrogens with zero attached hydrogens (tertiary/aromatic N) is 6. The molecule has 8 nitrogen and oxygen atoms in total. The largest absolute Gasteiger partial charge is 0.369 e. The third-order valence-corrected chi connectivity index (χ3v) is 6.21. The van der Waals surface area contributed by atoms with Crippen LogP contribution < -0.4 is 10.2 Å². The molecule has 1 fully saturated rings. The quantitative estimate of drug-likeness (QED) is 0.484. The van der Waals surface area contributed by atoms with Crippen molar-refractivity contribution in [2.75, 3.05) is 31.1 Å². The smallest absolute Gasteiger partial charge is 0.258 e. The van der Waals surface area contributed by atoms with Crippen molar-refractivity contribution in [2.24, 2.45) is 0 Å². The molecule has 2 aromatic heterocycles. The van der Waals surface area contributed by atoms with Gasteiger partial charge in [0, 0.05) is 37.4 Å². The highest BCUT2D eigenvalue weighted by atomic mass is 16.5. The van der Waals surface area contributed by atoms with E-state index in [4.69, 9.17) is 4.52 Å². The molecule has 0 saturated carbocycles. The highest BCUT2D eigenvalue weighted by molar-refractivity contribution is 5.56. The highest BCUT2D eigenvalue weighted by Crippen LogP contribution is 2.26. The molecule has 1 N–H and O–H groups in total. The third kappa shape index (κ3) is 4.72. The summed E-state index contributed by atoms with van der Waals surface area (Å²) in [5, 5.41) is 12.2. The summed E-state index contributed by atoms with van der Waals surface area (Å²) in [6.45, 7) is 13.2. The minimum absolute atomic E-state index is 0.0946. The lowest BCUT2D eigenvalue weighted by Gasteiger charge is -2.29. The second kappa shape index (κ2) is 9.02. The number of aryl methyl sites for hydroxylation is 1. The Morgan fingerprint density at radius 3 is 2.47 bits per heavy atom. The lowest BCUT2D eigenvalue weighted by atomic mass is 9.87. The van der Waals surface area contributed by atoms with Gasteiger partial charge in [0.25, 0.3) is 5.89 Å². The van der Waals surface area contributed by atoms with Crippen LogP contribution in [0, 0.1) is 6.92 Å². The van der Waals surface area contributed by atoms with Gasteiger partial charge in [-0.15, -0.1) is 5.10 Å². The van der Waals surface area contributed by atoms with Crippen LogP contribution in [0.5, 0.6) is 0 Å². The fourth-order valence-electron chi connectivity index (χ4n) is 4.16. The van der Waals surface area contributed by atoms with E-state index in [1.807, 2.05) is 23.7 Å². The summed E-state index contributed by atoms with van der Waals surface area (Å²) in [7, 11) is 0. The first-order valence-electron chi connectivity index (χ1n) is 11.8. The molecule has 0 radical (unpaired) electrons. The Hall–Kier alpha value is -3.52. The lowest BCUT2D eigenvalue weighted by molar-refractivity contribution is 0.431. The van der Waals surface area contributed by atoms with Crippen LogP contribution in [0.1, 0.15) is 37.7 Å². The van der Waals surface area contributed by atoms with Crippen molar-refractivity contribution >= 4 is 5.69 Å². The van der Waals surface area contributed by atoms with Crippen molar-refractivity contribution in [1.82, 2.24) is 30.2 Å². The monoisotopic (exact) mass is 457 g/mol. The summed E-state index contributed by atoms with van der Waals surface area (Å²) in [6, 6.07) is 16.9. The van der Waals surface area contributed by atoms with Crippen molar-refractivity contribution < 1.29 is 4.52 Å². The number of piperazine rings is 1. The SMILES string of the molecule is Cc1nc(-c2noc(-c3ccc(C(C)(C)C)cc3)n2)nn1Cc1cccc(N2CCNCC2)c1. The summed E-state index contributed by atoms with van der Waals surface area (Å²) >= 11 is 0. The Balaban J connectivity index is 1.33. The number of hydrogen-bond acceptors (Lipinski definition) is 7. The number of hydrogen-bond donors (Lipinski definition) is 1. The Morgan fingerprint density at radius 2 is 1.74 bits per heavy atom. The van der Waals surface area contributed by atoms with Gasteiger partial charge in [-0.3, -0.25) is 0 Å². The zero-order chi connectivity index (χ0) is 23.7. The van der Waals surface area contributed by atoms with Crippen LogP contribution in [-0.2, 0) is 12.0 Å². The molecule has 4 aromatic rings. The number of rotatable bonds is 5. The van der Waals surface area contributed by atoms with Gasteiger partial charge in [-0.25, -0.2) is 9.67 Å². The molecule has 1 saturated heterocycles. The number of benzene rings is 2. The van der Waals surface area contributed by atoms with E-state index in [0.717, 1.165) is 37.6 Å². The first-order valence-corrected chi connectivity index (χ1v) is 11.8. The zero-order valence-electron chi connectivity index (χ0n) is 20.2. The van der Waals surface area contributed by atoms with E-state index in [-0.39, 0.29) is 5.41 Å². The molecule has 3 heterocycles. The summed E-state index contributed by atoms with van der Waals surface area (Å²) in [6.07, 6.45) is 0. The van der Waals surface area contributed by atoms with Gasteiger partial charge < -0.3 is 14.7 Å². The normalized spacial score (nSPS) is 14.5. The molecule has 0 amide bonds. The highest BCUT2D eigenvalue weighted by Gasteiger charge is 2.18. The van der Waals surface area contributed by atoms with E-state index in [1.54, 1.807) is 0 Å². The van der Waals surface area contributed by atoms with E-state index in [9.17, 15) is 0 Å². The molecule has 176 valence electrons. The molecule has 0 bridgehead atoms. The molecule has 34 heavy (non-hydrogen) atoms. The fourth-order valence-corrected chi connectivity index (χ4v) is 4.16. The predicted molar refractivity (Wildman–Crippen MR) is 133 cm³/mol. The second-order valence-corrected chi connectivity index (χ2v) is 9.80. The molecular weight excluding hydrogens is 426 g/mol. The Kier molecular flexibility index (Phi) is 5.91. The molecule has 1 aliphatic heterocycles. The number of nitrogens with one attached hydrogen (secondary N) is 1. The van der Waals surface area contributed by atoms with Crippen molar-refractivity contribution in [1.29, 1.82) is 0 Å². The van der Waals surface area contributed by atoms with E-state index < -0.39 is 0 Å². The second-order valence-electron chi connectivity index (χ2n) is 9.80. The Bertz CT molecular complexity index is 1260. The van der Waals surface area contributed by atoms with Crippen molar-refractivity contribution in [3.05, 3.63) is 65.5 Å². The number of aromatic nitrogens is 5. The number of anilines is 1. The topological polar surface area (TPSA) is 84.9 Å². The maximum Gasteiger partial charge on any atom is 0.258 e. The van der Waals surface area contributed by atoms with Gasteiger partial charge >= 0.3 is 0 Å². The van der Waals surface area contributed by atoms with E-state index in [1.165, 1.54) is 16.8 Å². The molecule has 5 rings (SSSR count). The van der Waals surface area contributed by atoms with Crippen LogP contribution in [0.3, 0.4) is 0 Å². The summed E-state index contributed by atoms with van der Waals surface area (Å²) < 4.78 is 7.41. The average molecular weight is 458 g/mol. The first-order chi connectivity index (χ1) is 16.4. The molecule has 8 heteroatoms. The van der Waals surface area contributed by atoms with E-state index in [0.29, 0.717) is 24.1 Å². The van der Waals surface area contributed by atoms with Crippen LogP contribution in [0.15, 0.2) is 53.1 Å². The minimum Gasteiger partial charge on any atom is -0.369 e. The van der Waals surface area contributed by atoms with Crippen molar-refractivity contribution in [3.63, 3.8) is 0 Å². The molecule has 1 aliphatic rings. The van der Waals surface area contributed by atoms with Crippen LogP contribution in [0.25, 0.3) is 23.1 Å². The average Bonchev–Trinajstić information content (AvgIpc) is 3.47. The van der Waals surface area contributed by atoms with Gasteiger partial charge in [-0.05, 0) is 47.7 Å². The van der Waals surface area contributed by atoms with Gasteiger partial charge in [0.05, 0.1) is 6.54 Å². The van der Waals surface area contributed by atoms with Crippen LogP contribution in [0.4, 0.5) is 5.69 Å². The molecule has 0 unspecified atom stereocenters. The van der Waals surface area contributed by atoms with Crippen LogP contribution >= 0.6 is 0 Å². The molecule has 0 aliphatic carbocycles. The van der Waals surface area contributed by atoms with Crippen LogP contribution in [-0.4, -0.2) is 51.1 Å². The standard InChI is InChI=1S/C26H31N7O/c1-18-28-23(24-29-25(34-31-24)20-8-10-21(11-9-20)26(2,3)4)30-33(18)17-19-6-5-7-22(16-19)32-14-12-27-13-15-32/h5-11,16,27H,12-15,17H2,1-4H3. The lowest BCUT2D eigenvalue weighted by Crippen LogP contribution is -2.43. The van der Waals surface area contributed by atoms with Crippen molar-refractivity contribution in [2.45, 2.75) is 39.7 Å². The van der Waals surface area contributed by atoms with Gasteiger partial charge in [-0.2, -0.15) is 4.98 Å². The van der Waals surface area contributed by atoms with Gasteiger partial charge in [-0.1, -0.05) is 50.2 Å². The maximum absolute atomic E-state index is 5.52. The van der Waals surface area contributed by atoms with Gasteiger partial charge in [0.1, 0.15) is 5.82 Å². The fraction of sp³-hybridized carbons (Fsp3) is 0.385. The Morgan fingerprint density at radius 1 is 0.971 bits per heavy atom. The molecule has 0 spiro atoms. The van der Waals surface area contributed by atoms with E-state index in [2.05, 4.69) is 87.6 Å². The summed E-state index contributed by atoms with van der Waals surface area (Å²) in [5.41, 5.74) is 4.67. The van der Waals surface area contributed by atoms with Crippen LogP contribution in [0.2, 0.25) is 0 Å². The van der Waals surface area contributed by atoms with Gasteiger partial charge in [0.15, 0.2) is 0 Å². The van der Waals surface area contributed by atoms with E-state index >= 15 is 0 Å². The van der Waals surface area contributed by atoms with Crippen molar-refractivity contribution in [3.8, 4) is 23.1 Å². The summed E-state index contributed by atoms with van der Waals surface area (Å²) in [4.78, 5) is 11.6.